The number of furan rings is 1. The van der Waals surface area contributed by atoms with Gasteiger partial charge in [-0.25, -0.2) is 0 Å². The highest BCUT2D eigenvalue weighted by Crippen LogP contribution is 2.35. The second-order valence-corrected chi connectivity index (χ2v) is 4.50. The highest BCUT2D eigenvalue weighted by molar-refractivity contribution is 5.96. The molecule has 116 valence electrons. The molecule has 8 nitrogen and oxygen atoms in total. The fourth-order valence-electron chi connectivity index (χ4n) is 1.86. The molecule has 0 bridgehead atoms. The number of carboxylic acids is 1. The maximum absolute atomic E-state index is 12.1. The normalized spacial score (nSPS) is 11.8. The van der Waals surface area contributed by atoms with Crippen molar-refractivity contribution >= 4 is 11.9 Å². The Kier molecular flexibility index (Phi) is 4.21. The van der Waals surface area contributed by atoms with Gasteiger partial charge in [-0.3, -0.25) is 9.59 Å². The number of rotatable bonds is 5. The summed E-state index contributed by atoms with van der Waals surface area (Å²) in [5.41, 5.74) is -0.144. The number of phenols is 3. The first-order valence-corrected chi connectivity index (χ1v) is 6.19. The van der Waals surface area contributed by atoms with Crippen molar-refractivity contribution in [1.82, 2.24) is 5.32 Å². The van der Waals surface area contributed by atoms with Gasteiger partial charge in [0.2, 0.25) is 0 Å². The molecule has 2 aromatic rings. The van der Waals surface area contributed by atoms with Crippen molar-refractivity contribution in [2.45, 2.75) is 12.5 Å². The summed E-state index contributed by atoms with van der Waals surface area (Å²) in [6, 6.07) is 4.04. The van der Waals surface area contributed by atoms with E-state index < -0.39 is 41.6 Å². The number of phenolic OH excluding ortho intramolecular Hbond substituents is 3. The van der Waals surface area contributed by atoms with E-state index in [1.807, 2.05) is 0 Å². The van der Waals surface area contributed by atoms with Crippen molar-refractivity contribution in [2.24, 2.45) is 0 Å². The van der Waals surface area contributed by atoms with Gasteiger partial charge in [0.25, 0.3) is 5.91 Å². The molecule has 1 unspecified atom stereocenters. The Balaban J connectivity index is 2.23. The molecular weight excluding hydrogens is 294 g/mol. The van der Waals surface area contributed by atoms with Crippen LogP contribution in [0.25, 0.3) is 0 Å². The number of hydrogen-bond donors (Lipinski definition) is 5. The standard InChI is InChI=1S/C14H13NO7/c16-9-4-7(5-10(17)13(9)20)14(21)15-8(6-12(18)19)11-2-1-3-22-11/h1-5,8,16-17,20H,6H2,(H,15,21)(H,18,19). The minimum absolute atomic E-state index is 0.144. The zero-order valence-corrected chi connectivity index (χ0v) is 11.2. The Morgan fingerprint density at radius 2 is 1.82 bits per heavy atom. The topological polar surface area (TPSA) is 140 Å². The number of amides is 1. The number of carbonyl (C=O) groups excluding carboxylic acids is 1. The second-order valence-electron chi connectivity index (χ2n) is 4.50. The fourth-order valence-corrected chi connectivity index (χ4v) is 1.86. The van der Waals surface area contributed by atoms with Crippen LogP contribution in [0.15, 0.2) is 34.9 Å². The number of benzene rings is 1. The molecule has 1 amide bonds. The van der Waals surface area contributed by atoms with Gasteiger partial charge in [0.1, 0.15) is 5.76 Å². The minimum atomic E-state index is -1.14. The average molecular weight is 307 g/mol. The fraction of sp³-hybridized carbons (Fsp3) is 0.143. The van der Waals surface area contributed by atoms with Gasteiger partial charge in [-0.15, -0.1) is 0 Å². The molecule has 0 aliphatic carbocycles. The maximum Gasteiger partial charge on any atom is 0.305 e. The van der Waals surface area contributed by atoms with Gasteiger partial charge >= 0.3 is 5.97 Å². The van der Waals surface area contributed by atoms with Crippen molar-refractivity contribution < 1.29 is 34.4 Å². The van der Waals surface area contributed by atoms with E-state index >= 15 is 0 Å². The van der Waals surface area contributed by atoms with E-state index in [4.69, 9.17) is 9.52 Å². The summed E-state index contributed by atoms with van der Waals surface area (Å²) in [5.74, 6) is -3.71. The van der Waals surface area contributed by atoms with Crippen molar-refractivity contribution in [2.75, 3.05) is 0 Å². The van der Waals surface area contributed by atoms with E-state index in [1.165, 1.54) is 12.3 Å². The molecule has 0 saturated heterocycles. The van der Waals surface area contributed by atoms with Crippen LogP contribution < -0.4 is 5.32 Å². The monoisotopic (exact) mass is 307 g/mol. The zero-order valence-electron chi connectivity index (χ0n) is 11.2. The molecule has 0 spiro atoms. The second kappa shape index (κ2) is 6.08. The Labute approximate surface area is 124 Å². The van der Waals surface area contributed by atoms with Crippen molar-refractivity contribution in [3.05, 3.63) is 41.9 Å². The van der Waals surface area contributed by atoms with Crippen LogP contribution in [-0.2, 0) is 4.79 Å². The summed E-state index contributed by atoms with van der Waals surface area (Å²) >= 11 is 0. The number of aliphatic carboxylic acids is 1. The highest BCUT2D eigenvalue weighted by atomic mass is 16.4. The molecule has 0 fully saturated rings. The number of nitrogens with one attached hydrogen (secondary N) is 1. The highest BCUT2D eigenvalue weighted by Gasteiger charge is 2.22. The van der Waals surface area contributed by atoms with Crippen LogP contribution in [0.4, 0.5) is 0 Å². The molecular formula is C14H13NO7. The van der Waals surface area contributed by atoms with Gasteiger partial charge in [0, 0.05) is 5.56 Å². The van der Waals surface area contributed by atoms with Gasteiger partial charge in [0.15, 0.2) is 17.2 Å². The van der Waals surface area contributed by atoms with E-state index in [9.17, 15) is 24.9 Å². The Bertz CT molecular complexity index is 670. The summed E-state index contributed by atoms with van der Waals surface area (Å²) in [5, 5.41) is 39.3. The first kappa shape index (κ1) is 15.2. The van der Waals surface area contributed by atoms with Crippen LogP contribution in [0, 0.1) is 0 Å². The summed E-state index contributed by atoms with van der Waals surface area (Å²) in [6.45, 7) is 0. The lowest BCUT2D eigenvalue weighted by atomic mass is 10.1. The molecule has 5 N–H and O–H groups in total. The smallest absolute Gasteiger partial charge is 0.305 e. The van der Waals surface area contributed by atoms with Crippen molar-refractivity contribution in [3.8, 4) is 17.2 Å². The van der Waals surface area contributed by atoms with E-state index in [2.05, 4.69) is 5.32 Å². The van der Waals surface area contributed by atoms with E-state index in [0.717, 1.165) is 12.1 Å². The van der Waals surface area contributed by atoms with E-state index in [-0.39, 0.29) is 11.3 Å². The summed E-state index contributed by atoms with van der Waals surface area (Å²) in [6.07, 6.45) is 0.934. The maximum atomic E-state index is 12.1. The third-order valence-corrected chi connectivity index (χ3v) is 2.90. The van der Waals surface area contributed by atoms with Gasteiger partial charge in [-0.2, -0.15) is 0 Å². The van der Waals surface area contributed by atoms with E-state index in [1.54, 1.807) is 6.07 Å². The average Bonchev–Trinajstić information content (AvgIpc) is 2.97. The molecule has 0 radical (unpaired) electrons. The molecule has 22 heavy (non-hydrogen) atoms. The third kappa shape index (κ3) is 3.29. The Morgan fingerprint density at radius 3 is 2.32 bits per heavy atom. The molecule has 0 aliphatic rings. The minimum Gasteiger partial charge on any atom is -0.504 e. The van der Waals surface area contributed by atoms with Crippen LogP contribution in [0.2, 0.25) is 0 Å². The molecule has 0 saturated carbocycles. The number of carboxylic acid groups (broad SMARTS) is 1. The molecule has 2 rings (SSSR count). The predicted octanol–water partition coefficient (Wildman–Crippen LogP) is 1.34. The number of hydrogen-bond acceptors (Lipinski definition) is 6. The Hall–Kier alpha value is -3.16. The Morgan fingerprint density at radius 1 is 1.18 bits per heavy atom. The number of carbonyl (C=O) groups is 2. The van der Waals surface area contributed by atoms with Crippen molar-refractivity contribution in [3.63, 3.8) is 0 Å². The zero-order chi connectivity index (χ0) is 16.3. The lowest BCUT2D eigenvalue weighted by molar-refractivity contribution is -0.137. The lowest BCUT2D eigenvalue weighted by Gasteiger charge is -2.15. The van der Waals surface area contributed by atoms with Gasteiger partial charge in [-0.1, -0.05) is 0 Å². The largest absolute Gasteiger partial charge is 0.504 e. The first-order chi connectivity index (χ1) is 10.4. The van der Waals surface area contributed by atoms with Crippen LogP contribution in [0.1, 0.15) is 28.6 Å². The molecule has 1 aromatic carbocycles. The molecule has 1 atom stereocenters. The summed E-state index contributed by atoms with van der Waals surface area (Å²) in [4.78, 5) is 23.0. The predicted molar refractivity (Wildman–Crippen MR) is 72.6 cm³/mol. The first-order valence-electron chi connectivity index (χ1n) is 6.19. The lowest BCUT2D eigenvalue weighted by Crippen LogP contribution is -2.29. The van der Waals surface area contributed by atoms with Crippen LogP contribution in [0.3, 0.4) is 0 Å². The van der Waals surface area contributed by atoms with Crippen molar-refractivity contribution in [1.29, 1.82) is 0 Å². The van der Waals surface area contributed by atoms with Gasteiger partial charge < -0.3 is 30.2 Å². The molecule has 1 aromatic heterocycles. The number of aromatic hydroxyl groups is 3. The molecule has 0 aliphatic heterocycles. The van der Waals surface area contributed by atoms with Crippen LogP contribution in [0.5, 0.6) is 17.2 Å². The summed E-state index contributed by atoms with van der Waals surface area (Å²) in [7, 11) is 0. The third-order valence-electron chi connectivity index (χ3n) is 2.90. The molecule has 1 heterocycles. The summed E-state index contributed by atoms with van der Waals surface area (Å²) < 4.78 is 5.08. The van der Waals surface area contributed by atoms with Crippen LogP contribution in [-0.4, -0.2) is 32.3 Å². The van der Waals surface area contributed by atoms with Crippen LogP contribution >= 0.6 is 0 Å². The van der Waals surface area contributed by atoms with Gasteiger partial charge in [-0.05, 0) is 24.3 Å². The van der Waals surface area contributed by atoms with Gasteiger partial charge in [0.05, 0.1) is 18.7 Å². The SMILES string of the molecule is O=C(O)CC(NC(=O)c1cc(O)c(O)c(O)c1)c1ccco1. The van der Waals surface area contributed by atoms with E-state index in [0.29, 0.717) is 0 Å². The molecule has 8 heteroatoms. The quantitative estimate of drug-likeness (QED) is 0.525.